The van der Waals surface area contributed by atoms with Crippen molar-refractivity contribution in [1.82, 2.24) is 4.90 Å². The van der Waals surface area contributed by atoms with Crippen molar-refractivity contribution in [1.29, 1.82) is 0 Å². The zero-order chi connectivity index (χ0) is 36.5. The van der Waals surface area contributed by atoms with Crippen LogP contribution in [0, 0.1) is 0 Å². The molecule has 0 spiro atoms. The Kier molecular flexibility index (Phi) is 12.5. The van der Waals surface area contributed by atoms with Crippen molar-refractivity contribution in [3.05, 3.63) is 145 Å². The largest absolute Gasteiger partial charge is 0.444 e. The van der Waals surface area contributed by atoms with Gasteiger partial charge in [0, 0.05) is 0 Å². The normalized spacial score (nSPS) is 19.7. The first-order chi connectivity index (χ1) is 24.4. The molecule has 0 aromatic heterocycles. The zero-order valence-electron chi connectivity index (χ0n) is 30.6. The average molecular weight is 706 g/mol. The minimum atomic E-state index is -3.03. The van der Waals surface area contributed by atoms with Gasteiger partial charge in [-0.1, -0.05) is 148 Å². The topological polar surface area (TPSA) is 74.3 Å². The summed E-state index contributed by atoms with van der Waals surface area (Å²) in [4.78, 5) is 27.8. The molecule has 1 amide bonds. The molecular formula is C43H51NO6Si. The van der Waals surface area contributed by atoms with Gasteiger partial charge in [0.15, 0.2) is 0 Å². The molecule has 51 heavy (non-hydrogen) atoms. The van der Waals surface area contributed by atoms with Gasteiger partial charge in [-0.2, -0.15) is 0 Å². The molecule has 1 heterocycles. The number of carbonyl (C=O) groups excluding carboxylic acids is 2. The molecular weight excluding hydrogens is 655 g/mol. The number of hydrogen-bond acceptors (Lipinski definition) is 6. The molecule has 0 radical (unpaired) electrons. The van der Waals surface area contributed by atoms with Crippen LogP contribution in [0.15, 0.2) is 133 Å². The second-order valence-corrected chi connectivity index (χ2v) is 19.3. The minimum absolute atomic E-state index is 0.141. The number of likely N-dealkylation sites (tertiary alicyclic amines) is 1. The molecule has 0 bridgehead atoms. The van der Waals surface area contributed by atoms with Crippen LogP contribution in [0.3, 0.4) is 0 Å². The Morgan fingerprint density at radius 2 is 1.14 bits per heavy atom. The molecule has 1 aliphatic rings. The van der Waals surface area contributed by atoms with Crippen LogP contribution in [0.25, 0.3) is 0 Å². The van der Waals surface area contributed by atoms with Crippen molar-refractivity contribution in [3.63, 3.8) is 0 Å². The Hall–Kier alpha value is -4.34. The van der Waals surface area contributed by atoms with Gasteiger partial charge in [0.05, 0.1) is 31.9 Å². The number of allylic oxidation sites excluding steroid dienone is 1. The maximum absolute atomic E-state index is 14.4. The van der Waals surface area contributed by atoms with E-state index >= 15 is 0 Å². The third kappa shape index (κ3) is 9.12. The monoisotopic (exact) mass is 705 g/mol. The van der Waals surface area contributed by atoms with E-state index in [1.54, 1.807) is 11.0 Å². The summed E-state index contributed by atoms with van der Waals surface area (Å²) in [5.74, 6) is 0. The first-order valence-corrected chi connectivity index (χ1v) is 19.5. The molecule has 0 unspecified atom stereocenters. The van der Waals surface area contributed by atoms with Crippen molar-refractivity contribution in [3.8, 4) is 0 Å². The van der Waals surface area contributed by atoms with Gasteiger partial charge in [0.1, 0.15) is 24.1 Å². The number of hydrogen-bond donors (Lipinski definition) is 0. The molecule has 4 aromatic carbocycles. The lowest BCUT2D eigenvalue weighted by atomic mass is 10.1. The van der Waals surface area contributed by atoms with E-state index < -0.39 is 44.3 Å². The highest BCUT2D eigenvalue weighted by Crippen LogP contribution is 2.39. The predicted octanol–water partition coefficient (Wildman–Crippen LogP) is 7.48. The molecule has 0 aliphatic carbocycles. The van der Waals surface area contributed by atoms with Crippen molar-refractivity contribution in [2.45, 2.75) is 89.7 Å². The van der Waals surface area contributed by atoms with E-state index in [2.05, 4.69) is 69.3 Å². The van der Waals surface area contributed by atoms with Crippen LogP contribution in [-0.4, -0.2) is 62.1 Å². The Labute approximate surface area is 304 Å². The quantitative estimate of drug-likeness (QED) is 0.0817. The fourth-order valence-electron chi connectivity index (χ4n) is 6.96. The highest BCUT2D eigenvalue weighted by atomic mass is 28.4. The van der Waals surface area contributed by atoms with Gasteiger partial charge < -0.3 is 18.6 Å². The molecule has 7 nitrogen and oxygen atoms in total. The van der Waals surface area contributed by atoms with Gasteiger partial charge in [-0.25, -0.2) is 4.79 Å². The minimum Gasteiger partial charge on any atom is -0.444 e. The van der Waals surface area contributed by atoms with Gasteiger partial charge >= 0.3 is 6.09 Å². The van der Waals surface area contributed by atoms with Gasteiger partial charge in [-0.15, -0.1) is 0 Å². The first-order valence-electron chi connectivity index (χ1n) is 17.6. The highest BCUT2D eigenvalue weighted by molar-refractivity contribution is 6.99. The summed E-state index contributed by atoms with van der Waals surface area (Å²) in [5, 5.41) is 1.95. The summed E-state index contributed by atoms with van der Waals surface area (Å²) < 4.78 is 27.1. The van der Waals surface area contributed by atoms with Crippen LogP contribution in [-0.2, 0) is 36.6 Å². The third-order valence-corrected chi connectivity index (χ3v) is 14.2. The lowest BCUT2D eigenvalue weighted by molar-refractivity contribution is -0.104. The standard InChI is InChI=1S/C43H51NO6Si/c1-42(2,3)50-41(46)44-37(28-19-29-45)39(47-30-33-20-11-7-12-21-33)40(48-31-34-22-13-8-14-23-34)38(44)32-49-51(43(4,5)6,35-24-15-9-16-25-35)36-26-17-10-18-27-36/h7-29,37-40H,30-32H2,1-6H3/b28-19+/t37-,38-,39-,40-/m1/s1. The molecule has 4 atom stereocenters. The fraction of sp³-hybridized carbons (Fsp3) is 0.349. The molecule has 4 aromatic rings. The number of benzene rings is 4. The highest BCUT2D eigenvalue weighted by Gasteiger charge is 2.56. The zero-order valence-corrected chi connectivity index (χ0v) is 31.6. The number of carbonyl (C=O) groups is 2. The smallest absolute Gasteiger partial charge is 0.411 e. The van der Waals surface area contributed by atoms with E-state index in [0.29, 0.717) is 12.9 Å². The Balaban J connectivity index is 1.64. The molecule has 0 N–H and O–H groups in total. The maximum atomic E-state index is 14.4. The van der Waals surface area contributed by atoms with E-state index in [1.807, 2.05) is 93.6 Å². The van der Waals surface area contributed by atoms with Gasteiger partial charge in [-0.3, -0.25) is 9.69 Å². The first kappa shape index (κ1) is 37.9. The Morgan fingerprint density at radius 1 is 0.686 bits per heavy atom. The van der Waals surface area contributed by atoms with Crippen LogP contribution < -0.4 is 10.4 Å². The fourth-order valence-corrected chi connectivity index (χ4v) is 11.5. The molecule has 1 aliphatic heterocycles. The number of rotatable bonds is 13. The number of nitrogens with zero attached hydrogens (tertiary/aromatic N) is 1. The molecule has 268 valence electrons. The summed E-state index contributed by atoms with van der Waals surface area (Å²) in [7, 11) is -3.03. The summed E-state index contributed by atoms with van der Waals surface area (Å²) in [6.45, 7) is 12.9. The van der Waals surface area contributed by atoms with E-state index in [-0.39, 0.29) is 18.3 Å². The van der Waals surface area contributed by atoms with Crippen molar-refractivity contribution in [2.75, 3.05) is 6.61 Å². The lowest BCUT2D eigenvalue weighted by Gasteiger charge is -2.44. The number of amides is 1. The van der Waals surface area contributed by atoms with Crippen molar-refractivity contribution >= 4 is 31.1 Å². The summed E-state index contributed by atoms with van der Waals surface area (Å²) in [6.07, 6.45) is 2.03. The molecule has 5 rings (SSSR count). The molecule has 1 saturated heterocycles. The van der Waals surface area contributed by atoms with E-state index in [9.17, 15) is 9.59 Å². The SMILES string of the molecule is CC(C)(C)OC(=O)N1[C@H](/C=C/C=O)[C@@H](OCc2ccccc2)[C@H](OCc2ccccc2)[C@H]1CO[Si](c1ccccc1)(c1ccccc1)C(C)(C)C. The number of ether oxygens (including phenoxy) is 3. The van der Waals surface area contributed by atoms with E-state index in [4.69, 9.17) is 18.6 Å². The Bertz CT molecular complexity index is 1660. The van der Waals surface area contributed by atoms with Gasteiger partial charge in [0.25, 0.3) is 8.32 Å². The maximum Gasteiger partial charge on any atom is 0.411 e. The van der Waals surface area contributed by atoms with Crippen LogP contribution in [0.1, 0.15) is 52.7 Å². The van der Waals surface area contributed by atoms with E-state index in [1.165, 1.54) is 6.08 Å². The van der Waals surface area contributed by atoms with Crippen LogP contribution >= 0.6 is 0 Å². The lowest BCUT2D eigenvalue weighted by Crippen LogP contribution is -2.67. The molecule has 0 saturated carbocycles. The number of aldehydes is 1. The van der Waals surface area contributed by atoms with Crippen molar-refractivity contribution in [2.24, 2.45) is 0 Å². The molecule has 1 fully saturated rings. The van der Waals surface area contributed by atoms with Crippen LogP contribution in [0.5, 0.6) is 0 Å². The summed E-state index contributed by atoms with van der Waals surface area (Å²) in [6, 6.07) is 39.4. The van der Waals surface area contributed by atoms with Gasteiger partial charge in [0.2, 0.25) is 0 Å². The van der Waals surface area contributed by atoms with Gasteiger partial charge in [-0.05, 0) is 53.4 Å². The second-order valence-electron chi connectivity index (χ2n) is 15.0. The summed E-state index contributed by atoms with van der Waals surface area (Å²) >= 11 is 0. The second kappa shape index (κ2) is 16.8. The van der Waals surface area contributed by atoms with Crippen molar-refractivity contribution < 1.29 is 28.2 Å². The summed E-state index contributed by atoms with van der Waals surface area (Å²) in [5.41, 5.74) is 1.19. The Morgan fingerprint density at radius 3 is 1.57 bits per heavy atom. The molecule has 8 heteroatoms. The van der Waals surface area contributed by atoms with Crippen LogP contribution in [0.2, 0.25) is 5.04 Å². The van der Waals surface area contributed by atoms with E-state index in [0.717, 1.165) is 21.5 Å². The third-order valence-electron chi connectivity index (χ3n) is 9.17. The average Bonchev–Trinajstić information content (AvgIpc) is 3.41. The van der Waals surface area contributed by atoms with Crippen LogP contribution in [0.4, 0.5) is 4.79 Å². The predicted molar refractivity (Wildman–Crippen MR) is 204 cm³/mol.